The molecule has 0 saturated heterocycles. The van der Waals surface area contributed by atoms with Crippen LogP contribution in [0.4, 0.5) is 5.82 Å². The van der Waals surface area contributed by atoms with Crippen LogP contribution in [0.5, 0.6) is 5.75 Å². The molecule has 6 rings (SSSR count). The Hall–Kier alpha value is -4.71. The first-order valence-corrected chi connectivity index (χ1v) is 12.2. The number of para-hydroxylation sites is 1. The Labute approximate surface area is 214 Å². The summed E-state index contributed by atoms with van der Waals surface area (Å²) in [6, 6.07) is 23.0. The van der Waals surface area contributed by atoms with Crippen molar-refractivity contribution in [2.75, 3.05) is 11.4 Å². The molecule has 0 spiro atoms. The van der Waals surface area contributed by atoms with Gasteiger partial charge in [-0.15, -0.1) is 0 Å². The number of hydrogen-bond donors (Lipinski definition) is 1. The standard InChI is InChI=1S/C31H25N3O3/c1-19-9-10-21-11-12-22(15-23(21)14-19)31(36)33-17-24-16-28-26(18-34(24)30-20(2)6-5-13-32-30)29(35)25-7-3-4-8-27(25)37-28/h3-16,18,28H,17H2,1-2H3,(H,33,36). The Bertz CT molecular complexity index is 1640. The molecule has 2 aliphatic heterocycles. The van der Waals surface area contributed by atoms with Crippen molar-refractivity contribution in [3.05, 3.63) is 125 Å². The number of hydrogen-bond acceptors (Lipinski definition) is 5. The summed E-state index contributed by atoms with van der Waals surface area (Å²) in [7, 11) is 0. The third-order valence-electron chi connectivity index (χ3n) is 6.77. The summed E-state index contributed by atoms with van der Waals surface area (Å²) in [5.74, 6) is 1.00. The molecule has 0 saturated carbocycles. The quantitative estimate of drug-likeness (QED) is 0.411. The summed E-state index contributed by atoms with van der Waals surface area (Å²) >= 11 is 0. The molecule has 37 heavy (non-hydrogen) atoms. The molecule has 1 amide bonds. The minimum Gasteiger partial charge on any atom is -0.481 e. The van der Waals surface area contributed by atoms with Crippen LogP contribution in [0.1, 0.15) is 31.8 Å². The van der Waals surface area contributed by atoms with Gasteiger partial charge < -0.3 is 15.0 Å². The van der Waals surface area contributed by atoms with Gasteiger partial charge in [0.05, 0.1) is 17.7 Å². The molecule has 0 aliphatic carbocycles. The summed E-state index contributed by atoms with van der Waals surface area (Å²) in [6.45, 7) is 4.24. The highest BCUT2D eigenvalue weighted by Crippen LogP contribution is 2.36. The van der Waals surface area contributed by atoms with Gasteiger partial charge in [-0.3, -0.25) is 9.59 Å². The van der Waals surface area contributed by atoms with Crippen molar-refractivity contribution >= 4 is 28.3 Å². The van der Waals surface area contributed by atoms with E-state index in [9.17, 15) is 9.59 Å². The van der Waals surface area contributed by atoms with Gasteiger partial charge in [-0.05, 0) is 66.6 Å². The number of benzene rings is 3. The molecule has 2 aliphatic rings. The molecular formula is C31H25N3O3. The van der Waals surface area contributed by atoms with Gasteiger partial charge in [-0.25, -0.2) is 4.98 Å². The Morgan fingerprint density at radius 1 is 1.00 bits per heavy atom. The van der Waals surface area contributed by atoms with E-state index < -0.39 is 6.10 Å². The van der Waals surface area contributed by atoms with Crippen molar-refractivity contribution in [1.82, 2.24) is 10.3 Å². The minimum atomic E-state index is -0.543. The van der Waals surface area contributed by atoms with E-state index in [1.807, 2.05) is 67.3 Å². The minimum absolute atomic E-state index is 0.0729. The first-order chi connectivity index (χ1) is 18.0. The SMILES string of the molecule is Cc1ccc2ccc(C(=O)NCC3=CC4Oc5ccccc5C(=O)C4=CN3c3ncccc3C)cc2c1. The van der Waals surface area contributed by atoms with Crippen molar-refractivity contribution in [1.29, 1.82) is 0 Å². The summed E-state index contributed by atoms with van der Waals surface area (Å²) in [5.41, 5.74) is 4.52. The van der Waals surface area contributed by atoms with Gasteiger partial charge in [0.2, 0.25) is 0 Å². The third-order valence-corrected chi connectivity index (χ3v) is 6.77. The number of aryl methyl sites for hydroxylation is 2. The zero-order chi connectivity index (χ0) is 25.5. The van der Waals surface area contributed by atoms with Gasteiger partial charge in [-0.2, -0.15) is 0 Å². The lowest BCUT2D eigenvalue weighted by Crippen LogP contribution is -2.39. The van der Waals surface area contributed by atoms with Gasteiger partial charge in [0.15, 0.2) is 5.78 Å². The number of nitrogens with zero attached hydrogens (tertiary/aromatic N) is 2. The van der Waals surface area contributed by atoms with E-state index in [4.69, 9.17) is 4.74 Å². The Morgan fingerprint density at radius 3 is 2.70 bits per heavy atom. The molecule has 1 aromatic heterocycles. The highest BCUT2D eigenvalue weighted by Gasteiger charge is 2.35. The van der Waals surface area contributed by atoms with Crippen LogP contribution in [0.25, 0.3) is 10.8 Å². The number of amides is 1. The number of rotatable bonds is 4. The fraction of sp³-hybridized carbons (Fsp3) is 0.129. The molecule has 6 heteroatoms. The molecule has 3 heterocycles. The molecule has 0 fully saturated rings. The van der Waals surface area contributed by atoms with E-state index >= 15 is 0 Å². The summed E-state index contributed by atoms with van der Waals surface area (Å²) in [5, 5.41) is 5.16. The predicted octanol–water partition coefficient (Wildman–Crippen LogP) is 5.51. The van der Waals surface area contributed by atoms with Crippen molar-refractivity contribution in [3.63, 3.8) is 0 Å². The average molecular weight is 488 g/mol. The number of Topliss-reactive ketones (excluding diaryl/α,β-unsaturated/α-hetero) is 1. The lowest BCUT2D eigenvalue weighted by Gasteiger charge is -2.34. The van der Waals surface area contributed by atoms with E-state index in [0.29, 0.717) is 28.3 Å². The third kappa shape index (κ3) is 4.16. The van der Waals surface area contributed by atoms with Crippen LogP contribution >= 0.6 is 0 Å². The molecule has 3 aromatic carbocycles. The number of ether oxygens (including phenoxy) is 1. The Morgan fingerprint density at radius 2 is 1.84 bits per heavy atom. The van der Waals surface area contributed by atoms with Crippen LogP contribution in [-0.4, -0.2) is 29.3 Å². The lowest BCUT2D eigenvalue weighted by molar-refractivity contribution is 0.0951. The number of ketones is 1. The molecule has 0 bridgehead atoms. The number of fused-ring (bicyclic) bond motifs is 3. The zero-order valence-electron chi connectivity index (χ0n) is 20.6. The molecule has 1 N–H and O–H groups in total. The van der Waals surface area contributed by atoms with Crippen LogP contribution in [0, 0.1) is 13.8 Å². The number of pyridine rings is 1. The van der Waals surface area contributed by atoms with Crippen molar-refractivity contribution in [3.8, 4) is 5.75 Å². The van der Waals surface area contributed by atoms with Crippen LogP contribution in [0.3, 0.4) is 0 Å². The topological polar surface area (TPSA) is 71.5 Å². The van der Waals surface area contributed by atoms with E-state index in [-0.39, 0.29) is 18.2 Å². The second-order valence-electron chi connectivity index (χ2n) is 9.37. The summed E-state index contributed by atoms with van der Waals surface area (Å²) in [6.07, 6.45) is 4.85. The molecule has 1 unspecified atom stereocenters. The second-order valence-corrected chi connectivity index (χ2v) is 9.37. The fourth-order valence-corrected chi connectivity index (χ4v) is 4.83. The average Bonchev–Trinajstić information content (AvgIpc) is 2.91. The highest BCUT2D eigenvalue weighted by atomic mass is 16.5. The maximum Gasteiger partial charge on any atom is 0.251 e. The van der Waals surface area contributed by atoms with Crippen LogP contribution in [0.15, 0.2) is 103 Å². The van der Waals surface area contributed by atoms with E-state index in [2.05, 4.69) is 28.5 Å². The maximum atomic E-state index is 13.3. The number of carbonyl (C=O) groups is 2. The zero-order valence-corrected chi connectivity index (χ0v) is 20.6. The normalized spacial score (nSPS) is 16.3. The molecule has 1 atom stereocenters. The van der Waals surface area contributed by atoms with Gasteiger partial charge in [0, 0.05) is 23.7 Å². The second kappa shape index (κ2) is 9.06. The first kappa shape index (κ1) is 22.7. The van der Waals surface area contributed by atoms with Crippen molar-refractivity contribution < 1.29 is 14.3 Å². The van der Waals surface area contributed by atoms with Crippen LogP contribution < -0.4 is 15.0 Å². The summed E-state index contributed by atoms with van der Waals surface area (Å²) < 4.78 is 6.18. The first-order valence-electron chi connectivity index (χ1n) is 12.2. The smallest absolute Gasteiger partial charge is 0.251 e. The summed E-state index contributed by atoms with van der Waals surface area (Å²) in [4.78, 5) is 32.9. The molecule has 6 nitrogen and oxygen atoms in total. The largest absolute Gasteiger partial charge is 0.481 e. The van der Waals surface area contributed by atoms with Gasteiger partial charge >= 0.3 is 0 Å². The number of aromatic nitrogens is 1. The molecule has 182 valence electrons. The lowest BCUT2D eigenvalue weighted by atomic mass is 9.93. The molecule has 0 radical (unpaired) electrons. The predicted molar refractivity (Wildman–Crippen MR) is 144 cm³/mol. The van der Waals surface area contributed by atoms with Crippen LogP contribution in [0.2, 0.25) is 0 Å². The Kier molecular flexibility index (Phi) is 5.57. The van der Waals surface area contributed by atoms with Crippen molar-refractivity contribution in [2.45, 2.75) is 20.0 Å². The van der Waals surface area contributed by atoms with Gasteiger partial charge in [0.1, 0.15) is 17.7 Å². The van der Waals surface area contributed by atoms with Crippen LogP contribution in [-0.2, 0) is 0 Å². The number of nitrogens with one attached hydrogen (secondary N) is 1. The van der Waals surface area contributed by atoms with E-state index in [0.717, 1.165) is 27.6 Å². The Balaban J connectivity index is 1.32. The molecular weight excluding hydrogens is 462 g/mol. The van der Waals surface area contributed by atoms with Gasteiger partial charge in [-0.1, -0.05) is 48.0 Å². The highest BCUT2D eigenvalue weighted by molar-refractivity contribution is 6.13. The van der Waals surface area contributed by atoms with E-state index in [1.54, 1.807) is 24.5 Å². The van der Waals surface area contributed by atoms with Crippen molar-refractivity contribution in [2.24, 2.45) is 0 Å². The van der Waals surface area contributed by atoms with E-state index in [1.165, 1.54) is 0 Å². The molecule has 4 aromatic rings. The number of carbonyl (C=O) groups excluding carboxylic acids is 2. The van der Waals surface area contributed by atoms with Gasteiger partial charge in [0.25, 0.3) is 5.91 Å². The maximum absolute atomic E-state index is 13.3. The monoisotopic (exact) mass is 487 g/mol. The number of anilines is 1. The fourth-order valence-electron chi connectivity index (χ4n) is 4.83.